The van der Waals surface area contributed by atoms with Crippen LogP contribution in [0.25, 0.3) is 0 Å². The fourth-order valence-electron chi connectivity index (χ4n) is 1.68. The average molecular weight is 287 g/mol. The van der Waals surface area contributed by atoms with Crippen LogP contribution >= 0.6 is 0 Å². The normalized spacial score (nSPS) is 13.2. The van der Waals surface area contributed by atoms with Crippen LogP contribution in [0.15, 0.2) is 23.4 Å². The molecular weight excluding hydrogens is 266 g/mol. The van der Waals surface area contributed by atoms with Gasteiger partial charge in [0, 0.05) is 19.4 Å². The second kappa shape index (κ2) is 7.42. The Balaban J connectivity index is 2.69. The van der Waals surface area contributed by atoms with Gasteiger partial charge in [-0.05, 0) is 31.5 Å². The van der Waals surface area contributed by atoms with Crippen molar-refractivity contribution < 1.29 is 13.2 Å². The minimum atomic E-state index is -3.25. The molecule has 1 heterocycles. The molecule has 1 rings (SSSR count). The molecule has 7 heteroatoms. The maximum absolute atomic E-state index is 11.3. The van der Waals surface area contributed by atoms with Gasteiger partial charge in [-0.2, -0.15) is 0 Å². The summed E-state index contributed by atoms with van der Waals surface area (Å²) < 4.78 is 27.7. The number of sulfone groups is 1. The Morgan fingerprint density at radius 1 is 1.47 bits per heavy atom. The van der Waals surface area contributed by atoms with Gasteiger partial charge in [0.1, 0.15) is 0 Å². The van der Waals surface area contributed by atoms with Crippen LogP contribution in [0.4, 0.5) is 5.69 Å². The van der Waals surface area contributed by atoms with Crippen molar-refractivity contribution in [1.29, 1.82) is 0 Å². The summed E-state index contributed by atoms with van der Waals surface area (Å²) in [5, 5.41) is 3.33. The Morgan fingerprint density at radius 3 is 2.68 bits per heavy atom. The standard InChI is InChI=1S/C12H21N3O3S/c1-18-9-11(4-3-7-13)15-10-5-6-12(14-8-10)19(2,16)17/h5-6,8,11,15H,3-4,7,9,13H2,1-2H3. The molecule has 0 fully saturated rings. The zero-order valence-electron chi connectivity index (χ0n) is 11.3. The molecule has 0 aliphatic rings. The lowest BCUT2D eigenvalue weighted by atomic mass is 10.1. The van der Waals surface area contributed by atoms with Gasteiger partial charge in [-0.3, -0.25) is 0 Å². The first-order chi connectivity index (χ1) is 8.97. The highest BCUT2D eigenvalue weighted by Gasteiger charge is 2.11. The van der Waals surface area contributed by atoms with Gasteiger partial charge >= 0.3 is 0 Å². The number of hydrogen-bond donors (Lipinski definition) is 2. The molecule has 19 heavy (non-hydrogen) atoms. The zero-order chi connectivity index (χ0) is 14.3. The van der Waals surface area contributed by atoms with Gasteiger partial charge in [0.15, 0.2) is 14.9 Å². The van der Waals surface area contributed by atoms with E-state index in [-0.39, 0.29) is 11.1 Å². The summed E-state index contributed by atoms with van der Waals surface area (Å²) in [6.07, 6.45) is 4.44. The zero-order valence-corrected chi connectivity index (χ0v) is 12.1. The monoisotopic (exact) mass is 287 g/mol. The number of hydrogen-bond acceptors (Lipinski definition) is 6. The van der Waals surface area contributed by atoms with Gasteiger partial charge in [-0.15, -0.1) is 0 Å². The first-order valence-corrected chi connectivity index (χ1v) is 7.98. The van der Waals surface area contributed by atoms with Crippen LogP contribution in [-0.2, 0) is 14.6 Å². The summed E-state index contributed by atoms with van der Waals surface area (Å²) in [4.78, 5) is 3.93. The predicted molar refractivity (Wildman–Crippen MR) is 74.9 cm³/mol. The molecule has 0 aromatic carbocycles. The van der Waals surface area contributed by atoms with Crippen molar-refractivity contribution in [3.8, 4) is 0 Å². The Kier molecular flexibility index (Phi) is 6.20. The third kappa shape index (κ3) is 5.54. The van der Waals surface area contributed by atoms with Crippen LogP contribution in [0.2, 0.25) is 0 Å². The van der Waals surface area contributed by atoms with Crippen LogP contribution in [0, 0.1) is 0 Å². The van der Waals surface area contributed by atoms with Crippen molar-refractivity contribution in [2.24, 2.45) is 5.73 Å². The Hall–Kier alpha value is -1.18. The number of ether oxygens (including phenoxy) is 1. The number of nitrogens with two attached hydrogens (primary N) is 1. The topological polar surface area (TPSA) is 94.3 Å². The number of anilines is 1. The van der Waals surface area contributed by atoms with Gasteiger partial charge < -0.3 is 15.8 Å². The molecule has 1 unspecified atom stereocenters. The van der Waals surface area contributed by atoms with Crippen molar-refractivity contribution in [1.82, 2.24) is 4.98 Å². The van der Waals surface area contributed by atoms with E-state index in [4.69, 9.17) is 10.5 Å². The van der Waals surface area contributed by atoms with E-state index in [0.29, 0.717) is 13.2 Å². The molecular formula is C12H21N3O3S. The number of methoxy groups -OCH3 is 1. The van der Waals surface area contributed by atoms with Crippen molar-refractivity contribution in [3.05, 3.63) is 18.3 Å². The summed E-state index contributed by atoms with van der Waals surface area (Å²) in [5.41, 5.74) is 6.26. The maximum atomic E-state index is 11.3. The maximum Gasteiger partial charge on any atom is 0.192 e. The lowest BCUT2D eigenvalue weighted by Crippen LogP contribution is -2.26. The predicted octanol–water partition coefficient (Wildman–Crippen LogP) is 0.651. The van der Waals surface area contributed by atoms with Gasteiger partial charge in [0.05, 0.1) is 18.5 Å². The van der Waals surface area contributed by atoms with Crippen molar-refractivity contribution >= 4 is 15.5 Å². The molecule has 0 radical (unpaired) electrons. The van der Waals surface area contributed by atoms with E-state index in [1.807, 2.05) is 0 Å². The van der Waals surface area contributed by atoms with Crippen molar-refractivity contribution in [3.63, 3.8) is 0 Å². The number of rotatable bonds is 8. The summed E-state index contributed by atoms with van der Waals surface area (Å²) in [7, 11) is -1.61. The van der Waals surface area contributed by atoms with E-state index in [2.05, 4.69) is 10.3 Å². The molecule has 0 saturated heterocycles. The molecule has 0 amide bonds. The van der Waals surface area contributed by atoms with Crippen LogP contribution < -0.4 is 11.1 Å². The minimum absolute atomic E-state index is 0.0725. The largest absolute Gasteiger partial charge is 0.383 e. The molecule has 1 aromatic rings. The van der Waals surface area contributed by atoms with Gasteiger partial charge in [0.25, 0.3) is 0 Å². The molecule has 0 aliphatic carbocycles. The van der Waals surface area contributed by atoms with Crippen LogP contribution in [0.3, 0.4) is 0 Å². The lowest BCUT2D eigenvalue weighted by Gasteiger charge is -2.18. The van der Waals surface area contributed by atoms with Gasteiger partial charge in [-0.1, -0.05) is 0 Å². The number of nitrogens with zero attached hydrogens (tertiary/aromatic N) is 1. The summed E-state index contributed by atoms with van der Waals surface area (Å²) in [6, 6.07) is 3.33. The second-order valence-electron chi connectivity index (χ2n) is 4.38. The fraction of sp³-hybridized carbons (Fsp3) is 0.583. The van der Waals surface area contributed by atoms with Gasteiger partial charge in [0.2, 0.25) is 0 Å². The molecule has 108 valence electrons. The first kappa shape index (κ1) is 15.9. The highest BCUT2D eigenvalue weighted by atomic mass is 32.2. The van der Waals surface area contributed by atoms with E-state index in [0.717, 1.165) is 24.8 Å². The number of pyridine rings is 1. The minimum Gasteiger partial charge on any atom is -0.383 e. The Morgan fingerprint density at radius 2 is 2.21 bits per heavy atom. The van der Waals surface area contributed by atoms with Crippen molar-refractivity contribution in [2.45, 2.75) is 23.9 Å². The number of aromatic nitrogens is 1. The Bertz CT molecular complexity index is 473. The van der Waals surface area contributed by atoms with Crippen molar-refractivity contribution in [2.75, 3.05) is 31.8 Å². The van der Waals surface area contributed by atoms with E-state index in [9.17, 15) is 8.42 Å². The Labute approximate surface area is 114 Å². The van der Waals surface area contributed by atoms with E-state index in [1.54, 1.807) is 13.2 Å². The summed E-state index contributed by atoms with van der Waals surface area (Å²) in [6.45, 7) is 1.20. The average Bonchev–Trinajstić information content (AvgIpc) is 2.36. The summed E-state index contributed by atoms with van der Waals surface area (Å²) in [5.74, 6) is 0. The van der Waals surface area contributed by atoms with E-state index in [1.165, 1.54) is 12.3 Å². The highest BCUT2D eigenvalue weighted by molar-refractivity contribution is 7.90. The third-order valence-electron chi connectivity index (χ3n) is 2.61. The highest BCUT2D eigenvalue weighted by Crippen LogP contribution is 2.13. The molecule has 1 atom stereocenters. The molecule has 1 aromatic heterocycles. The number of nitrogens with one attached hydrogen (secondary N) is 1. The lowest BCUT2D eigenvalue weighted by molar-refractivity contribution is 0.182. The molecule has 0 spiro atoms. The molecule has 0 saturated carbocycles. The first-order valence-electron chi connectivity index (χ1n) is 6.09. The molecule has 0 bridgehead atoms. The van der Waals surface area contributed by atoms with Crippen LogP contribution in [0.5, 0.6) is 0 Å². The van der Waals surface area contributed by atoms with E-state index < -0.39 is 9.84 Å². The molecule has 0 aliphatic heterocycles. The SMILES string of the molecule is COCC(CCCN)Nc1ccc(S(C)(=O)=O)nc1. The van der Waals surface area contributed by atoms with Gasteiger partial charge in [-0.25, -0.2) is 13.4 Å². The van der Waals surface area contributed by atoms with E-state index >= 15 is 0 Å². The fourth-order valence-corrected chi connectivity index (χ4v) is 2.24. The van der Waals surface area contributed by atoms with Crippen LogP contribution in [-0.4, -0.2) is 46.0 Å². The second-order valence-corrected chi connectivity index (χ2v) is 6.35. The smallest absolute Gasteiger partial charge is 0.192 e. The molecule has 6 nitrogen and oxygen atoms in total. The third-order valence-corrected chi connectivity index (χ3v) is 3.61. The van der Waals surface area contributed by atoms with Crippen LogP contribution in [0.1, 0.15) is 12.8 Å². The summed E-state index contributed by atoms with van der Waals surface area (Å²) >= 11 is 0. The quantitative estimate of drug-likeness (QED) is 0.729. The molecule has 3 N–H and O–H groups in total.